The minimum Gasteiger partial charge on any atom is -0.348 e. The van der Waals surface area contributed by atoms with Crippen LogP contribution in [0.5, 0.6) is 0 Å². The lowest BCUT2D eigenvalue weighted by molar-refractivity contribution is -0.128. The van der Waals surface area contributed by atoms with Gasteiger partial charge in [-0.2, -0.15) is 0 Å². The molecule has 5 nitrogen and oxygen atoms in total. The highest BCUT2D eigenvalue weighted by atomic mass is 35.5. The van der Waals surface area contributed by atoms with Crippen LogP contribution in [-0.2, 0) is 4.79 Å². The summed E-state index contributed by atoms with van der Waals surface area (Å²) < 4.78 is 0. The zero-order valence-corrected chi connectivity index (χ0v) is 15.4. The van der Waals surface area contributed by atoms with Crippen molar-refractivity contribution >= 4 is 29.3 Å². The zero-order chi connectivity index (χ0) is 17.8. The molecule has 1 aromatic heterocycles. The van der Waals surface area contributed by atoms with Crippen LogP contribution in [0, 0.1) is 0 Å². The maximum atomic E-state index is 12.6. The number of nitrogens with one attached hydrogen (secondary N) is 1. The number of hydrogen-bond acceptors (Lipinski definition) is 4. The number of amides is 1. The van der Waals surface area contributed by atoms with Crippen molar-refractivity contribution in [3.05, 3.63) is 65.2 Å². The number of nitrogens with zero attached hydrogens (tertiary/aromatic N) is 3. The van der Waals surface area contributed by atoms with Gasteiger partial charge < -0.3 is 4.90 Å². The van der Waals surface area contributed by atoms with E-state index in [1.165, 1.54) is 11.8 Å². The largest absolute Gasteiger partial charge is 0.348 e. The summed E-state index contributed by atoms with van der Waals surface area (Å²) in [6.07, 6.45) is 0. The van der Waals surface area contributed by atoms with Crippen LogP contribution >= 0.6 is 23.4 Å². The predicted octanol–water partition coefficient (Wildman–Crippen LogP) is 4.05. The number of thioether (sulfide) groups is 1. The van der Waals surface area contributed by atoms with E-state index in [4.69, 9.17) is 11.6 Å². The Morgan fingerprint density at radius 3 is 2.44 bits per heavy atom. The van der Waals surface area contributed by atoms with Gasteiger partial charge in [0.1, 0.15) is 5.25 Å². The van der Waals surface area contributed by atoms with E-state index in [2.05, 4.69) is 15.2 Å². The second-order valence-electron chi connectivity index (χ2n) is 5.61. The molecule has 1 atom stereocenters. The van der Waals surface area contributed by atoms with Gasteiger partial charge in [-0.1, -0.05) is 53.7 Å². The Bertz CT molecular complexity index is 849. The van der Waals surface area contributed by atoms with Crippen molar-refractivity contribution in [2.45, 2.75) is 10.4 Å². The van der Waals surface area contributed by atoms with E-state index in [9.17, 15) is 4.79 Å². The minimum absolute atomic E-state index is 0.00552. The molecule has 7 heteroatoms. The van der Waals surface area contributed by atoms with E-state index < -0.39 is 5.25 Å². The summed E-state index contributed by atoms with van der Waals surface area (Å²) in [4.78, 5) is 18.7. The lowest BCUT2D eigenvalue weighted by Crippen LogP contribution is -2.26. The van der Waals surface area contributed by atoms with Crippen molar-refractivity contribution in [3.8, 4) is 11.4 Å². The molecule has 0 aliphatic carbocycles. The standard InChI is InChI=1S/C18H17ClN4OS/c1-23(2)17(24)15(12-6-4-3-5-7-12)25-18-20-16(21-22-18)13-8-10-14(19)11-9-13/h3-11,15H,1-2H3,(H,20,21,22). The molecule has 0 bridgehead atoms. The van der Waals surface area contributed by atoms with Crippen molar-refractivity contribution in [1.82, 2.24) is 20.1 Å². The maximum absolute atomic E-state index is 12.6. The lowest BCUT2D eigenvalue weighted by Gasteiger charge is -2.19. The van der Waals surface area contributed by atoms with Crippen molar-refractivity contribution in [3.63, 3.8) is 0 Å². The molecule has 0 radical (unpaired) electrons. The fourth-order valence-corrected chi connectivity index (χ4v) is 3.45. The summed E-state index contributed by atoms with van der Waals surface area (Å²) in [5, 5.41) is 7.95. The van der Waals surface area contributed by atoms with Gasteiger partial charge in [0.05, 0.1) is 0 Å². The normalized spacial score (nSPS) is 12.0. The van der Waals surface area contributed by atoms with E-state index >= 15 is 0 Å². The molecular formula is C18H17ClN4OS. The zero-order valence-electron chi connectivity index (χ0n) is 13.8. The van der Waals surface area contributed by atoms with Gasteiger partial charge in [0.15, 0.2) is 5.82 Å². The first kappa shape index (κ1) is 17.5. The van der Waals surface area contributed by atoms with Crippen LogP contribution in [0.2, 0.25) is 5.02 Å². The average molecular weight is 373 g/mol. The number of halogens is 1. The Balaban J connectivity index is 1.85. The third kappa shape index (κ3) is 4.21. The number of benzene rings is 2. The van der Waals surface area contributed by atoms with Crippen LogP contribution in [0.4, 0.5) is 0 Å². The topological polar surface area (TPSA) is 61.9 Å². The highest BCUT2D eigenvalue weighted by Gasteiger charge is 2.25. The summed E-state index contributed by atoms with van der Waals surface area (Å²) in [6, 6.07) is 17.0. The smallest absolute Gasteiger partial charge is 0.240 e. The van der Waals surface area contributed by atoms with Crippen molar-refractivity contribution in [2.24, 2.45) is 0 Å². The van der Waals surface area contributed by atoms with Gasteiger partial charge in [0, 0.05) is 24.7 Å². The van der Waals surface area contributed by atoms with Gasteiger partial charge in [-0.3, -0.25) is 9.89 Å². The molecule has 0 saturated carbocycles. The van der Waals surface area contributed by atoms with Crippen LogP contribution in [0.1, 0.15) is 10.8 Å². The van der Waals surface area contributed by atoms with E-state index in [0.29, 0.717) is 16.0 Å². The number of hydrogen-bond donors (Lipinski definition) is 1. The monoisotopic (exact) mass is 372 g/mol. The van der Waals surface area contributed by atoms with Gasteiger partial charge in [-0.25, -0.2) is 4.98 Å². The second-order valence-corrected chi connectivity index (χ2v) is 7.12. The molecule has 1 amide bonds. The molecule has 2 aromatic carbocycles. The number of H-pyrrole nitrogens is 1. The summed E-state index contributed by atoms with van der Waals surface area (Å²) in [6.45, 7) is 0. The molecule has 0 saturated heterocycles. The molecule has 0 aliphatic heterocycles. The van der Waals surface area contributed by atoms with Gasteiger partial charge in [0.25, 0.3) is 0 Å². The van der Waals surface area contributed by atoms with Crippen LogP contribution in [0.25, 0.3) is 11.4 Å². The van der Waals surface area contributed by atoms with Crippen molar-refractivity contribution < 1.29 is 4.79 Å². The van der Waals surface area contributed by atoms with E-state index in [0.717, 1.165) is 11.1 Å². The molecule has 25 heavy (non-hydrogen) atoms. The lowest BCUT2D eigenvalue weighted by atomic mass is 10.1. The first-order valence-electron chi connectivity index (χ1n) is 7.65. The number of rotatable bonds is 5. The number of aromatic amines is 1. The van der Waals surface area contributed by atoms with Crippen molar-refractivity contribution in [1.29, 1.82) is 0 Å². The van der Waals surface area contributed by atoms with Crippen LogP contribution in [-0.4, -0.2) is 40.1 Å². The summed E-state index contributed by atoms with van der Waals surface area (Å²) in [5.74, 6) is 0.636. The Kier molecular flexibility index (Phi) is 5.40. The summed E-state index contributed by atoms with van der Waals surface area (Å²) in [7, 11) is 3.49. The molecule has 1 unspecified atom stereocenters. The molecular weight excluding hydrogens is 356 g/mol. The molecule has 0 fully saturated rings. The molecule has 128 valence electrons. The quantitative estimate of drug-likeness (QED) is 0.686. The third-order valence-electron chi connectivity index (χ3n) is 3.57. The summed E-state index contributed by atoms with van der Waals surface area (Å²) >= 11 is 7.24. The average Bonchev–Trinajstić information content (AvgIpc) is 3.09. The fraction of sp³-hybridized carbons (Fsp3) is 0.167. The number of aromatic nitrogens is 3. The molecule has 3 aromatic rings. The van der Waals surface area contributed by atoms with Crippen molar-refractivity contribution in [2.75, 3.05) is 14.1 Å². The van der Waals surface area contributed by atoms with E-state index in [-0.39, 0.29) is 5.91 Å². The van der Waals surface area contributed by atoms with Gasteiger partial charge in [0.2, 0.25) is 11.1 Å². The SMILES string of the molecule is CN(C)C(=O)C(Sc1n[nH]c(-c2ccc(Cl)cc2)n1)c1ccccc1. The summed E-state index contributed by atoms with van der Waals surface area (Å²) in [5.41, 5.74) is 1.81. The second kappa shape index (κ2) is 7.72. The number of carbonyl (C=O) groups is 1. The highest BCUT2D eigenvalue weighted by Crippen LogP contribution is 2.35. The van der Waals surface area contributed by atoms with Gasteiger partial charge in [-0.15, -0.1) is 5.10 Å². The highest BCUT2D eigenvalue weighted by molar-refractivity contribution is 8.00. The molecule has 1 N–H and O–H groups in total. The molecule has 0 aliphatic rings. The molecule has 0 spiro atoms. The Morgan fingerprint density at radius 2 is 1.80 bits per heavy atom. The van der Waals surface area contributed by atoms with Crippen LogP contribution in [0.3, 0.4) is 0 Å². The Morgan fingerprint density at radius 1 is 1.12 bits per heavy atom. The molecule has 1 heterocycles. The Hall–Kier alpha value is -2.31. The van der Waals surface area contributed by atoms with E-state index in [1.807, 2.05) is 42.5 Å². The van der Waals surface area contributed by atoms with Crippen LogP contribution < -0.4 is 0 Å². The Labute approximate surface area is 155 Å². The number of carbonyl (C=O) groups excluding carboxylic acids is 1. The molecule has 3 rings (SSSR count). The van der Waals surface area contributed by atoms with E-state index in [1.54, 1.807) is 31.1 Å². The number of likely N-dealkylation sites (N-methyl/N-ethyl adjacent to an activating group) is 1. The first-order chi connectivity index (χ1) is 12.0. The van der Waals surface area contributed by atoms with Crippen LogP contribution in [0.15, 0.2) is 59.8 Å². The maximum Gasteiger partial charge on any atom is 0.240 e. The minimum atomic E-state index is -0.398. The van der Waals surface area contributed by atoms with Gasteiger partial charge >= 0.3 is 0 Å². The first-order valence-corrected chi connectivity index (χ1v) is 8.91. The third-order valence-corrected chi connectivity index (χ3v) is 4.93. The fourth-order valence-electron chi connectivity index (χ4n) is 2.26. The predicted molar refractivity (Wildman–Crippen MR) is 101 cm³/mol. The van der Waals surface area contributed by atoms with Gasteiger partial charge in [-0.05, 0) is 29.8 Å².